The van der Waals surface area contributed by atoms with Gasteiger partial charge in [-0.05, 0) is 67.6 Å². The standard InChI is InChI=1S/C24H27BrFN3O2/c25-22-7-6-20(26)13-19(22)12-17-8-10-28(11-9-17)16-21-14-23(30)29(24(31)27-21)15-18-4-2-1-3-5-18/h1-7,13,17,21H,8-12,14-16H2,(H,27,31). The number of nitrogens with zero attached hydrogens (tertiary/aromatic N) is 2. The molecule has 1 atom stereocenters. The molecule has 2 aliphatic heterocycles. The monoisotopic (exact) mass is 487 g/mol. The van der Waals surface area contributed by atoms with Crippen LogP contribution in [0.15, 0.2) is 53.0 Å². The van der Waals surface area contributed by atoms with Crippen LogP contribution in [0, 0.1) is 11.7 Å². The van der Waals surface area contributed by atoms with E-state index in [2.05, 4.69) is 26.1 Å². The first kappa shape index (κ1) is 22.0. The second-order valence-electron chi connectivity index (χ2n) is 8.50. The van der Waals surface area contributed by atoms with Gasteiger partial charge in [0.05, 0.1) is 12.6 Å². The summed E-state index contributed by atoms with van der Waals surface area (Å²) in [7, 11) is 0. The summed E-state index contributed by atoms with van der Waals surface area (Å²) in [6, 6.07) is 13.9. The molecule has 2 saturated heterocycles. The number of nitrogens with one attached hydrogen (secondary N) is 1. The van der Waals surface area contributed by atoms with Crippen LogP contribution in [-0.2, 0) is 17.8 Å². The van der Waals surface area contributed by atoms with Crippen molar-refractivity contribution in [1.82, 2.24) is 15.1 Å². The number of imide groups is 1. The minimum absolute atomic E-state index is 0.122. The van der Waals surface area contributed by atoms with Crippen molar-refractivity contribution in [3.63, 3.8) is 0 Å². The molecule has 2 aromatic carbocycles. The van der Waals surface area contributed by atoms with Crippen LogP contribution in [0.25, 0.3) is 0 Å². The zero-order valence-electron chi connectivity index (χ0n) is 17.4. The molecule has 164 valence electrons. The van der Waals surface area contributed by atoms with Gasteiger partial charge in [0, 0.05) is 17.4 Å². The van der Waals surface area contributed by atoms with Gasteiger partial charge in [-0.3, -0.25) is 9.69 Å². The highest BCUT2D eigenvalue weighted by Crippen LogP contribution is 2.27. The van der Waals surface area contributed by atoms with Gasteiger partial charge in [-0.25, -0.2) is 9.18 Å². The Morgan fingerprint density at radius 1 is 1.06 bits per heavy atom. The topological polar surface area (TPSA) is 52.7 Å². The minimum Gasteiger partial charge on any atom is -0.333 e. The Hall–Kier alpha value is -2.25. The van der Waals surface area contributed by atoms with E-state index in [1.165, 1.54) is 11.0 Å². The van der Waals surface area contributed by atoms with Crippen LogP contribution >= 0.6 is 15.9 Å². The average Bonchev–Trinajstić information content (AvgIpc) is 2.75. The largest absolute Gasteiger partial charge is 0.333 e. The van der Waals surface area contributed by atoms with Gasteiger partial charge < -0.3 is 10.2 Å². The average molecular weight is 488 g/mol. The van der Waals surface area contributed by atoms with Gasteiger partial charge in [0.15, 0.2) is 0 Å². The molecule has 0 saturated carbocycles. The van der Waals surface area contributed by atoms with Crippen molar-refractivity contribution in [1.29, 1.82) is 0 Å². The summed E-state index contributed by atoms with van der Waals surface area (Å²) >= 11 is 3.52. The molecule has 1 N–H and O–H groups in total. The number of benzene rings is 2. The van der Waals surface area contributed by atoms with Crippen molar-refractivity contribution < 1.29 is 14.0 Å². The summed E-state index contributed by atoms with van der Waals surface area (Å²) in [6.07, 6.45) is 3.24. The Bertz CT molecular complexity index is 914. The molecule has 31 heavy (non-hydrogen) atoms. The normalized spacial score (nSPS) is 20.7. The first-order valence-corrected chi connectivity index (χ1v) is 11.6. The smallest absolute Gasteiger partial charge is 0.324 e. The van der Waals surface area contributed by atoms with Gasteiger partial charge in [-0.15, -0.1) is 0 Å². The van der Waals surface area contributed by atoms with Crippen molar-refractivity contribution in [3.05, 3.63) is 69.9 Å². The van der Waals surface area contributed by atoms with Crippen LogP contribution in [-0.4, -0.2) is 47.4 Å². The van der Waals surface area contributed by atoms with E-state index in [1.54, 1.807) is 12.1 Å². The third-order valence-electron chi connectivity index (χ3n) is 6.18. The Labute approximate surface area is 190 Å². The SMILES string of the molecule is O=C1CC(CN2CCC(Cc3cc(F)ccc3Br)CC2)NC(=O)N1Cc1ccccc1. The Morgan fingerprint density at radius 3 is 2.52 bits per heavy atom. The molecule has 0 spiro atoms. The first-order valence-electron chi connectivity index (χ1n) is 10.8. The lowest BCUT2D eigenvalue weighted by atomic mass is 9.90. The van der Waals surface area contributed by atoms with Crippen molar-refractivity contribution >= 4 is 27.9 Å². The Morgan fingerprint density at radius 2 is 1.81 bits per heavy atom. The van der Waals surface area contributed by atoms with E-state index in [1.807, 2.05) is 30.3 Å². The summed E-state index contributed by atoms with van der Waals surface area (Å²) in [6.45, 7) is 2.84. The number of carbonyl (C=O) groups excluding carboxylic acids is 2. The fourth-order valence-corrected chi connectivity index (χ4v) is 4.88. The zero-order valence-corrected chi connectivity index (χ0v) is 19.0. The molecular weight excluding hydrogens is 461 g/mol. The molecule has 1 unspecified atom stereocenters. The number of hydrogen-bond acceptors (Lipinski definition) is 3. The van der Waals surface area contributed by atoms with Gasteiger partial charge in [0.25, 0.3) is 0 Å². The maximum atomic E-state index is 13.5. The second-order valence-corrected chi connectivity index (χ2v) is 9.35. The summed E-state index contributed by atoms with van der Waals surface area (Å²) in [5, 5.41) is 3.01. The van der Waals surface area contributed by atoms with Gasteiger partial charge >= 0.3 is 6.03 Å². The highest BCUT2D eigenvalue weighted by atomic mass is 79.9. The first-order chi connectivity index (χ1) is 15.0. The molecule has 5 nitrogen and oxygen atoms in total. The lowest BCUT2D eigenvalue weighted by molar-refractivity contribution is -0.130. The molecule has 2 aliphatic rings. The predicted octanol–water partition coefficient (Wildman–Crippen LogP) is 4.35. The zero-order chi connectivity index (χ0) is 21.8. The van der Waals surface area contributed by atoms with Gasteiger partial charge in [-0.2, -0.15) is 0 Å². The maximum absolute atomic E-state index is 13.5. The van der Waals surface area contributed by atoms with Crippen LogP contribution < -0.4 is 5.32 Å². The molecule has 2 heterocycles. The highest BCUT2D eigenvalue weighted by molar-refractivity contribution is 9.10. The molecule has 0 radical (unpaired) electrons. The summed E-state index contributed by atoms with van der Waals surface area (Å²) in [4.78, 5) is 28.7. The van der Waals surface area contributed by atoms with E-state index in [4.69, 9.17) is 0 Å². The summed E-state index contributed by atoms with van der Waals surface area (Å²) in [5.41, 5.74) is 1.96. The van der Waals surface area contributed by atoms with E-state index >= 15 is 0 Å². The van der Waals surface area contributed by atoms with E-state index in [0.29, 0.717) is 25.4 Å². The minimum atomic E-state index is -0.309. The number of amides is 3. The number of halogens is 2. The number of rotatable bonds is 6. The van der Waals surface area contributed by atoms with Gasteiger partial charge in [-0.1, -0.05) is 46.3 Å². The molecule has 2 fully saturated rings. The molecule has 4 rings (SSSR count). The molecule has 0 bridgehead atoms. The highest BCUT2D eigenvalue weighted by Gasteiger charge is 2.33. The van der Waals surface area contributed by atoms with Gasteiger partial charge in [0.2, 0.25) is 5.91 Å². The third-order valence-corrected chi connectivity index (χ3v) is 6.95. The van der Waals surface area contributed by atoms with Gasteiger partial charge in [0.1, 0.15) is 5.82 Å². The van der Waals surface area contributed by atoms with E-state index < -0.39 is 0 Å². The fraction of sp³-hybridized carbons (Fsp3) is 0.417. The lowest BCUT2D eigenvalue weighted by Crippen LogP contribution is -2.57. The van der Waals surface area contributed by atoms with E-state index in [-0.39, 0.29) is 23.8 Å². The van der Waals surface area contributed by atoms with Crippen LogP contribution in [0.2, 0.25) is 0 Å². The Kier molecular flexibility index (Phi) is 7.02. The lowest BCUT2D eigenvalue weighted by Gasteiger charge is -2.37. The van der Waals surface area contributed by atoms with Crippen LogP contribution in [0.1, 0.15) is 30.4 Å². The molecule has 0 aromatic heterocycles. The van der Waals surface area contributed by atoms with Crippen molar-refractivity contribution in [2.24, 2.45) is 5.92 Å². The second kappa shape index (κ2) is 9.92. The van der Waals surface area contributed by atoms with Crippen LogP contribution in [0.4, 0.5) is 9.18 Å². The number of likely N-dealkylation sites (tertiary alicyclic amines) is 1. The number of piperidine rings is 1. The molecule has 0 aliphatic carbocycles. The molecule has 7 heteroatoms. The Balaban J connectivity index is 1.25. The number of carbonyl (C=O) groups is 2. The summed E-state index contributed by atoms with van der Waals surface area (Å²) < 4.78 is 14.5. The van der Waals surface area contributed by atoms with E-state index in [9.17, 15) is 14.0 Å². The van der Waals surface area contributed by atoms with Crippen molar-refractivity contribution in [3.8, 4) is 0 Å². The predicted molar refractivity (Wildman–Crippen MR) is 121 cm³/mol. The van der Waals surface area contributed by atoms with E-state index in [0.717, 1.165) is 48.0 Å². The molecule has 2 aromatic rings. The number of hydrogen-bond donors (Lipinski definition) is 1. The van der Waals surface area contributed by atoms with Crippen LogP contribution in [0.3, 0.4) is 0 Å². The summed E-state index contributed by atoms with van der Waals surface area (Å²) in [5.74, 6) is 0.191. The molecular formula is C24H27BrFN3O2. The fourth-order valence-electron chi connectivity index (χ4n) is 4.47. The van der Waals surface area contributed by atoms with Crippen molar-refractivity contribution in [2.45, 2.75) is 38.3 Å². The quantitative estimate of drug-likeness (QED) is 0.658. The maximum Gasteiger partial charge on any atom is 0.324 e. The van der Waals surface area contributed by atoms with Crippen LogP contribution in [0.5, 0.6) is 0 Å². The third kappa shape index (κ3) is 5.71. The number of urea groups is 1. The molecule has 3 amide bonds. The van der Waals surface area contributed by atoms with Crippen molar-refractivity contribution in [2.75, 3.05) is 19.6 Å².